The van der Waals surface area contributed by atoms with Gasteiger partial charge in [-0.05, 0) is 6.92 Å². The molecule has 1 aliphatic rings. The van der Waals surface area contributed by atoms with Crippen LogP contribution in [0.4, 0.5) is 0 Å². The van der Waals surface area contributed by atoms with Gasteiger partial charge in [0.05, 0.1) is 6.17 Å². The van der Waals surface area contributed by atoms with E-state index < -0.39 is 0 Å². The predicted octanol–water partition coefficient (Wildman–Crippen LogP) is -0.628. The van der Waals surface area contributed by atoms with Gasteiger partial charge in [0.25, 0.3) is 0 Å². The number of nitrogens with zero attached hydrogens (tertiary/aromatic N) is 1. The molecule has 8 heavy (non-hydrogen) atoms. The summed E-state index contributed by atoms with van der Waals surface area (Å²) in [5.74, 6) is 0. The minimum absolute atomic E-state index is 0.476. The van der Waals surface area contributed by atoms with E-state index in [1.54, 1.807) is 0 Å². The quantitative estimate of drug-likeness (QED) is 0.440. The zero-order chi connectivity index (χ0) is 5.98. The molecule has 0 aromatic rings. The van der Waals surface area contributed by atoms with Gasteiger partial charge in [0.1, 0.15) is 0 Å². The number of hydrogen-bond acceptors (Lipinski definition) is 3. The molecular formula is C5H13N3. The van der Waals surface area contributed by atoms with Crippen LogP contribution in [0.2, 0.25) is 0 Å². The van der Waals surface area contributed by atoms with Gasteiger partial charge < -0.3 is 0 Å². The largest absolute Gasteiger partial charge is 0.300 e. The summed E-state index contributed by atoms with van der Waals surface area (Å²) in [4.78, 5) is 0. The van der Waals surface area contributed by atoms with Crippen LogP contribution in [0, 0.1) is 0 Å². The Morgan fingerprint density at radius 2 is 2.25 bits per heavy atom. The van der Waals surface area contributed by atoms with Crippen molar-refractivity contribution in [3.05, 3.63) is 0 Å². The molecule has 0 spiro atoms. The third kappa shape index (κ3) is 1.18. The Labute approximate surface area is 50.0 Å². The highest BCUT2D eigenvalue weighted by molar-refractivity contribution is 4.63. The van der Waals surface area contributed by atoms with E-state index in [9.17, 15) is 0 Å². The number of hydrogen-bond donors (Lipinski definition) is 2. The van der Waals surface area contributed by atoms with Crippen LogP contribution in [0.3, 0.4) is 0 Å². The van der Waals surface area contributed by atoms with Gasteiger partial charge in [-0.25, -0.2) is 5.01 Å². The van der Waals surface area contributed by atoms with E-state index in [0.717, 1.165) is 13.1 Å². The fraction of sp³-hybridized carbons (Fsp3) is 1.00. The Bertz CT molecular complexity index is 64.1. The van der Waals surface area contributed by atoms with E-state index in [1.807, 2.05) is 7.05 Å². The third-order valence-corrected chi connectivity index (χ3v) is 1.51. The van der Waals surface area contributed by atoms with Crippen molar-refractivity contribution in [1.29, 1.82) is 0 Å². The van der Waals surface area contributed by atoms with Gasteiger partial charge in [-0.1, -0.05) is 0 Å². The highest BCUT2D eigenvalue weighted by Crippen LogP contribution is 1.88. The first-order valence-electron chi connectivity index (χ1n) is 3.00. The Morgan fingerprint density at radius 1 is 1.50 bits per heavy atom. The molecule has 48 valence electrons. The van der Waals surface area contributed by atoms with E-state index in [2.05, 4.69) is 22.7 Å². The molecule has 0 amide bonds. The Hall–Kier alpha value is -0.120. The minimum atomic E-state index is 0.476. The molecule has 0 bridgehead atoms. The standard InChI is InChI=1S/C5H13N3/c1-5-6-3-4-7-8(5)2/h5-7H,3-4H2,1-2H3. The molecule has 1 fully saturated rings. The van der Waals surface area contributed by atoms with Gasteiger partial charge in [0, 0.05) is 20.1 Å². The van der Waals surface area contributed by atoms with Crippen molar-refractivity contribution in [2.45, 2.75) is 13.1 Å². The third-order valence-electron chi connectivity index (χ3n) is 1.51. The molecular weight excluding hydrogens is 102 g/mol. The van der Waals surface area contributed by atoms with Crippen LogP contribution in [0.15, 0.2) is 0 Å². The van der Waals surface area contributed by atoms with Gasteiger partial charge in [-0.15, -0.1) is 0 Å². The van der Waals surface area contributed by atoms with E-state index >= 15 is 0 Å². The molecule has 0 aromatic heterocycles. The van der Waals surface area contributed by atoms with Crippen molar-refractivity contribution >= 4 is 0 Å². The smallest absolute Gasteiger partial charge is 0.0701 e. The average Bonchev–Trinajstić information content (AvgIpc) is 1.77. The summed E-state index contributed by atoms with van der Waals surface area (Å²) in [6.45, 7) is 4.25. The van der Waals surface area contributed by atoms with Crippen molar-refractivity contribution in [1.82, 2.24) is 15.8 Å². The van der Waals surface area contributed by atoms with Crippen molar-refractivity contribution in [3.63, 3.8) is 0 Å². The second kappa shape index (κ2) is 2.44. The van der Waals surface area contributed by atoms with E-state index in [4.69, 9.17) is 0 Å². The summed E-state index contributed by atoms with van der Waals surface area (Å²) < 4.78 is 0. The van der Waals surface area contributed by atoms with Crippen molar-refractivity contribution in [3.8, 4) is 0 Å². The molecule has 0 aliphatic carbocycles. The van der Waals surface area contributed by atoms with Crippen LogP contribution in [-0.4, -0.2) is 31.3 Å². The summed E-state index contributed by atoms with van der Waals surface area (Å²) in [5, 5.41) is 5.37. The molecule has 3 heteroatoms. The van der Waals surface area contributed by atoms with Gasteiger partial charge in [0.2, 0.25) is 0 Å². The van der Waals surface area contributed by atoms with E-state index in [1.165, 1.54) is 0 Å². The molecule has 2 N–H and O–H groups in total. The SMILES string of the molecule is CC1NCCNN1C. The van der Waals surface area contributed by atoms with Crippen LogP contribution in [0.1, 0.15) is 6.92 Å². The maximum Gasteiger partial charge on any atom is 0.0701 e. The summed E-state index contributed by atoms with van der Waals surface area (Å²) >= 11 is 0. The lowest BCUT2D eigenvalue weighted by Gasteiger charge is -2.31. The summed E-state index contributed by atoms with van der Waals surface area (Å²) in [7, 11) is 2.04. The van der Waals surface area contributed by atoms with Gasteiger partial charge >= 0.3 is 0 Å². The van der Waals surface area contributed by atoms with Crippen LogP contribution in [0.25, 0.3) is 0 Å². The van der Waals surface area contributed by atoms with Crippen molar-refractivity contribution in [2.24, 2.45) is 0 Å². The minimum Gasteiger partial charge on any atom is -0.300 e. The molecule has 1 saturated heterocycles. The summed E-state index contributed by atoms with van der Waals surface area (Å²) in [5.41, 5.74) is 3.20. The first-order valence-corrected chi connectivity index (χ1v) is 3.00. The van der Waals surface area contributed by atoms with Crippen LogP contribution < -0.4 is 10.7 Å². The number of rotatable bonds is 0. The monoisotopic (exact) mass is 115 g/mol. The van der Waals surface area contributed by atoms with Gasteiger partial charge in [-0.2, -0.15) is 0 Å². The van der Waals surface area contributed by atoms with Crippen LogP contribution in [0.5, 0.6) is 0 Å². The number of nitrogens with one attached hydrogen (secondary N) is 2. The second-order valence-electron chi connectivity index (χ2n) is 2.15. The first kappa shape index (κ1) is 6.01. The maximum absolute atomic E-state index is 3.30. The first-order chi connectivity index (χ1) is 3.80. The predicted molar refractivity (Wildman–Crippen MR) is 33.2 cm³/mol. The summed E-state index contributed by atoms with van der Waals surface area (Å²) in [6.07, 6.45) is 0.476. The lowest BCUT2D eigenvalue weighted by molar-refractivity contribution is 0.115. The van der Waals surface area contributed by atoms with E-state index in [-0.39, 0.29) is 0 Å². The Balaban J connectivity index is 2.28. The normalized spacial score (nSPS) is 33.0. The molecule has 0 aromatic carbocycles. The Morgan fingerprint density at radius 3 is 2.62 bits per heavy atom. The number of hydrazine groups is 1. The van der Waals surface area contributed by atoms with E-state index in [0.29, 0.717) is 6.17 Å². The topological polar surface area (TPSA) is 27.3 Å². The van der Waals surface area contributed by atoms with Gasteiger partial charge in [0.15, 0.2) is 0 Å². The second-order valence-corrected chi connectivity index (χ2v) is 2.15. The highest BCUT2D eigenvalue weighted by Gasteiger charge is 2.10. The Kier molecular flexibility index (Phi) is 1.83. The van der Waals surface area contributed by atoms with Crippen LogP contribution in [-0.2, 0) is 0 Å². The fourth-order valence-electron chi connectivity index (χ4n) is 0.787. The van der Waals surface area contributed by atoms with Gasteiger partial charge in [-0.3, -0.25) is 10.7 Å². The van der Waals surface area contributed by atoms with Crippen molar-refractivity contribution in [2.75, 3.05) is 20.1 Å². The zero-order valence-electron chi connectivity index (χ0n) is 5.44. The van der Waals surface area contributed by atoms with Crippen LogP contribution >= 0.6 is 0 Å². The lowest BCUT2D eigenvalue weighted by atomic mass is 10.4. The lowest BCUT2D eigenvalue weighted by Crippen LogP contribution is -2.56. The summed E-state index contributed by atoms with van der Waals surface area (Å²) in [6, 6.07) is 0. The van der Waals surface area contributed by atoms with Crippen molar-refractivity contribution < 1.29 is 0 Å². The molecule has 0 radical (unpaired) electrons. The highest BCUT2D eigenvalue weighted by atomic mass is 15.6. The zero-order valence-corrected chi connectivity index (χ0v) is 5.44. The molecule has 1 heterocycles. The molecule has 1 rings (SSSR count). The molecule has 3 nitrogen and oxygen atoms in total. The molecule has 1 atom stereocenters. The fourth-order valence-corrected chi connectivity index (χ4v) is 0.787. The molecule has 1 unspecified atom stereocenters. The molecule has 1 aliphatic heterocycles. The molecule has 0 saturated carbocycles. The average molecular weight is 115 g/mol. The maximum atomic E-state index is 3.30.